The van der Waals surface area contributed by atoms with Crippen LogP contribution < -0.4 is 21.2 Å². The molecule has 1 aliphatic heterocycles. The van der Waals surface area contributed by atoms with E-state index in [-0.39, 0.29) is 5.82 Å². The molecule has 0 spiro atoms. The van der Waals surface area contributed by atoms with Gasteiger partial charge in [-0.25, -0.2) is 9.11 Å². The number of anilines is 1. The third-order valence-electron chi connectivity index (χ3n) is 8.33. The Morgan fingerprint density at radius 3 is 1.98 bits per heavy atom. The molecule has 18 heteroatoms. The molecule has 2 heterocycles. The van der Waals surface area contributed by atoms with Gasteiger partial charge in [-0.1, -0.05) is 103 Å². The molecule has 0 saturated carbocycles. The molecule has 50 heavy (non-hydrogen) atoms. The van der Waals surface area contributed by atoms with Crippen molar-refractivity contribution in [2.24, 2.45) is 0 Å². The largest absolute Gasteiger partial charge is 0.756 e. The molecule has 1 saturated heterocycles. The Morgan fingerprint density at radius 1 is 0.900 bits per heavy atom. The summed E-state index contributed by atoms with van der Waals surface area (Å²) in [6.45, 7) is 2.92. The van der Waals surface area contributed by atoms with Crippen LogP contribution in [0.25, 0.3) is 0 Å². The van der Waals surface area contributed by atoms with Crippen molar-refractivity contribution in [1.29, 1.82) is 0 Å². The van der Waals surface area contributed by atoms with Crippen LogP contribution in [0.2, 0.25) is 0 Å². The van der Waals surface area contributed by atoms with Crippen LogP contribution in [0.15, 0.2) is 17.1 Å². The molecule has 0 aliphatic carbocycles. The van der Waals surface area contributed by atoms with E-state index in [1.807, 2.05) is 0 Å². The lowest BCUT2D eigenvalue weighted by atomic mass is 10.0. The minimum absolute atomic E-state index is 0.0789. The van der Waals surface area contributed by atoms with Crippen molar-refractivity contribution in [3.05, 3.63) is 22.7 Å². The molecule has 2 rings (SSSR count). The van der Waals surface area contributed by atoms with Crippen molar-refractivity contribution in [3.63, 3.8) is 0 Å². The highest BCUT2D eigenvalue weighted by Crippen LogP contribution is 2.56. The number of thioether (sulfide) groups is 1. The first-order valence-electron chi connectivity index (χ1n) is 18.1. The van der Waals surface area contributed by atoms with Crippen molar-refractivity contribution in [1.82, 2.24) is 9.55 Å². The Labute approximate surface area is 301 Å². The van der Waals surface area contributed by atoms with E-state index >= 15 is 0 Å². The number of hydrogen-bond donors (Lipinski definition) is 3. The van der Waals surface area contributed by atoms with E-state index in [0.717, 1.165) is 23.2 Å². The van der Waals surface area contributed by atoms with Gasteiger partial charge in [-0.2, -0.15) is 16.7 Å². The summed E-state index contributed by atoms with van der Waals surface area (Å²) in [4.78, 5) is 40.2. The van der Waals surface area contributed by atoms with E-state index in [2.05, 4.69) is 20.7 Å². The van der Waals surface area contributed by atoms with Gasteiger partial charge in [-0.05, 0) is 25.2 Å². The first kappa shape index (κ1) is 45.3. The number of nitrogens with two attached hydrogens (primary N) is 1. The number of hydrogen-bond acceptors (Lipinski definition) is 15. The highest BCUT2D eigenvalue weighted by atomic mass is 32.2. The van der Waals surface area contributed by atoms with Crippen LogP contribution in [0.4, 0.5) is 5.82 Å². The van der Waals surface area contributed by atoms with E-state index in [1.165, 1.54) is 102 Å². The van der Waals surface area contributed by atoms with Gasteiger partial charge in [0.15, 0.2) is 6.23 Å². The van der Waals surface area contributed by atoms with Crippen LogP contribution in [0.5, 0.6) is 0 Å². The fourth-order valence-corrected chi connectivity index (χ4v) is 8.64. The normalized spacial score (nSPS) is 22.4. The summed E-state index contributed by atoms with van der Waals surface area (Å²) in [5, 5.41) is 20.6. The maximum absolute atomic E-state index is 12.3. The molecule has 0 radical (unpaired) electrons. The minimum Gasteiger partial charge on any atom is -0.756 e. The Morgan fingerprint density at radius 2 is 1.44 bits per heavy atom. The van der Waals surface area contributed by atoms with Crippen molar-refractivity contribution in [2.45, 2.75) is 147 Å². The summed E-state index contributed by atoms with van der Waals surface area (Å²) in [6, 6.07) is 1.26. The van der Waals surface area contributed by atoms with Crippen molar-refractivity contribution in [3.8, 4) is 0 Å². The topological polar surface area (TPSA) is 228 Å². The molecule has 0 aromatic carbocycles. The summed E-state index contributed by atoms with van der Waals surface area (Å²) in [7, 11) is -10.9. The van der Waals surface area contributed by atoms with Gasteiger partial charge in [0.1, 0.15) is 24.1 Å². The predicted octanol–water partition coefficient (Wildman–Crippen LogP) is 4.83. The van der Waals surface area contributed by atoms with Gasteiger partial charge in [0.05, 0.1) is 19.3 Å². The number of ether oxygens (including phenoxy) is 2. The van der Waals surface area contributed by atoms with Crippen molar-refractivity contribution >= 4 is 33.2 Å². The Balaban J connectivity index is 1.58. The number of nitrogens with zero attached hydrogens (tertiary/aromatic N) is 2. The van der Waals surface area contributed by atoms with Gasteiger partial charge in [0.25, 0.3) is 15.6 Å². The fraction of sp³-hybridized carbons (Fsp3) is 0.875. The summed E-state index contributed by atoms with van der Waals surface area (Å²) in [5.74, 6) is 1.25. The first-order valence-corrected chi connectivity index (χ1v) is 22.1. The molecule has 1 aliphatic rings. The van der Waals surface area contributed by atoms with Crippen molar-refractivity contribution < 1.29 is 52.0 Å². The molecule has 0 bridgehead atoms. The lowest BCUT2D eigenvalue weighted by Crippen LogP contribution is -2.36. The zero-order valence-electron chi connectivity index (χ0n) is 29.6. The molecular formula is C32H59N3O12P2S-2. The number of unbranched alkanes of at least 4 members (excludes halogenated alkanes) is 15. The molecule has 15 nitrogen and oxygen atoms in total. The van der Waals surface area contributed by atoms with E-state index in [9.17, 15) is 33.9 Å². The SMILES string of the molecule is CCCCCCCCCCCCCCCCCCSCC(COP(=O)([O-])OP(=O)([O-])OCC1OC(n2ccc(N)nc2=O)C(O)C1O)OCC. The smallest absolute Gasteiger partial charge is 0.351 e. The fourth-order valence-electron chi connectivity index (χ4n) is 5.57. The molecule has 1 fully saturated rings. The van der Waals surface area contributed by atoms with Crippen molar-refractivity contribution in [2.75, 3.05) is 37.1 Å². The monoisotopic (exact) mass is 771 g/mol. The molecule has 1 aromatic rings. The zero-order chi connectivity index (χ0) is 36.8. The Kier molecular flexibility index (Phi) is 22.8. The third kappa shape index (κ3) is 18.8. The Hall–Kier alpha value is -0.870. The van der Waals surface area contributed by atoms with Gasteiger partial charge >= 0.3 is 5.69 Å². The number of aliphatic hydroxyl groups excluding tert-OH is 2. The molecule has 292 valence electrons. The van der Waals surface area contributed by atoms with Crippen LogP contribution in [-0.2, 0) is 32.0 Å². The second kappa shape index (κ2) is 25.2. The highest BCUT2D eigenvalue weighted by Gasteiger charge is 2.44. The number of aliphatic hydroxyl groups is 2. The number of nitrogen functional groups attached to an aromatic ring is 1. The van der Waals surface area contributed by atoms with Crippen LogP contribution >= 0.6 is 27.4 Å². The predicted molar refractivity (Wildman–Crippen MR) is 189 cm³/mol. The maximum Gasteiger partial charge on any atom is 0.351 e. The standard InChI is InChI=1S/C32H61N3O12P2S/c1-3-5-6-7-8-9-10-11-12-13-14-15-16-17-18-19-22-50-25-26(43-4-2)23-44-48(39,40)47-49(41,42)45-24-27-29(36)30(37)31(46-27)35-21-20-28(33)34-32(35)38/h20-21,26-27,29-31,36-37H,3-19,22-25H2,1-2H3,(H,39,40)(H,41,42)(H2,33,34,38)/p-2. The van der Waals surface area contributed by atoms with Crippen LogP contribution in [0.3, 0.4) is 0 Å². The first-order chi connectivity index (χ1) is 23.9. The Bertz CT molecular complexity index is 1220. The van der Waals surface area contributed by atoms with Gasteiger partial charge in [0.2, 0.25) is 0 Å². The summed E-state index contributed by atoms with van der Waals surface area (Å²) in [5.41, 5.74) is 4.57. The third-order valence-corrected chi connectivity index (χ3v) is 12.0. The molecule has 1 aromatic heterocycles. The molecule has 7 unspecified atom stereocenters. The highest BCUT2D eigenvalue weighted by molar-refractivity contribution is 7.99. The van der Waals surface area contributed by atoms with Gasteiger partial charge in [0, 0.05) is 18.6 Å². The summed E-state index contributed by atoms with van der Waals surface area (Å²) in [6.07, 6.45) is 15.1. The second-order valence-corrected chi connectivity index (χ2v) is 16.7. The van der Waals surface area contributed by atoms with E-state index in [0.29, 0.717) is 12.4 Å². The quantitative estimate of drug-likeness (QED) is 0.0703. The minimum atomic E-state index is -5.52. The summed E-state index contributed by atoms with van der Waals surface area (Å²) >= 11 is 1.61. The van der Waals surface area contributed by atoms with Gasteiger partial charge in [-0.3, -0.25) is 13.7 Å². The lowest BCUT2D eigenvalue weighted by molar-refractivity contribution is -0.246. The van der Waals surface area contributed by atoms with Gasteiger partial charge < -0.3 is 44.3 Å². The average molecular weight is 772 g/mol. The van der Waals surface area contributed by atoms with E-state index in [1.54, 1.807) is 18.7 Å². The zero-order valence-corrected chi connectivity index (χ0v) is 32.2. The van der Waals surface area contributed by atoms with Crippen LogP contribution in [0.1, 0.15) is 123 Å². The maximum atomic E-state index is 12.3. The van der Waals surface area contributed by atoms with Crippen LogP contribution in [-0.4, -0.2) is 75.5 Å². The van der Waals surface area contributed by atoms with E-state index in [4.69, 9.17) is 19.7 Å². The van der Waals surface area contributed by atoms with E-state index < -0.39 is 65.2 Å². The lowest BCUT2D eigenvalue weighted by Gasteiger charge is -2.32. The number of aromatic nitrogens is 2. The average Bonchev–Trinajstić information content (AvgIpc) is 3.34. The molecule has 0 amide bonds. The molecule has 7 atom stereocenters. The molecule has 4 N–H and O–H groups in total. The number of phosphoric acid groups is 2. The van der Waals surface area contributed by atoms with Crippen LogP contribution in [0, 0.1) is 0 Å². The van der Waals surface area contributed by atoms with Gasteiger partial charge in [-0.15, -0.1) is 0 Å². The number of phosphoric ester groups is 2. The molecular weight excluding hydrogens is 712 g/mol. The summed E-state index contributed by atoms with van der Waals surface area (Å²) < 4.78 is 49.9. The number of rotatable bonds is 30. The second-order valence-electron chi connectivity index (χ2n) is 12.6.